The molecule has 0 saturated carbocycles. The number of benzene rings is 1. The minimum Gasteiger partial charge on any atom is -0.181 e. The predicted molar refractivity (Wildman–Crippen MR) is 66.2 cm³/mol. The zero-order valence-corrected chi connectivity index (χ0v) is 10.0. The van der Waals surface area contributed by atoms with Crippen molar-refractivity contribution in [2.45, 2.75) is 0 Å². The van der Waals surface area contributed by atoms with Gasteiger partial charge in [-0.05, 0) is 23.2 Å². The number of halogens is 2. The minimum absolute atomic E-state index is 0.194. The first-order chi connectivity index (χ1) is 8.25. The van der Waals surface area contributed by atoms with Crippen molar-refractivity contribution in [3.05, 3.63) is 46.8 Å². The Morgan fingerprint density at radius 1 is 1.00 bits per heavy atom. The molecule has 0 bridgehead atoms. The van der Waals surface area contributed by atoms with Crippen LogP contribution in [0.2, 0.25) is 10.4 Å². The van der Waals surface area contributed by atoms with Crippen molar-refractivity contribution in [1.82, 2.24) is 19.8 Å². The van der Waals surface area contributed by atoms with Crippen LogP contribution in [-0.4, -0.2) is 19.8 Å². The van der Waals surface area contributed by atoms with Crippen LogP contribution < -0.4 is 0 Å². The average molecular weight is 265 g/mol. The molecular formula is C11H6Cl2N4. The van der Waals surface area contributed by atoms with Gasteiger partial charge in [-0.1, -0.05) is 41.9 Å². The summed E-state index contributed by atoms with van der Waals surface area (Å²) in [5, 5.41) is 12.4. The number of hydrogen-bond acceptors (Lipinski definition) is 3. The number of fused-ring (bicyclic) bond motifs is 1. The van der Waals surface area contributed by atoms with E-state index in [1.807, 2.05) is 30.3 Å². The Labute approximate surface area is 107 Å². The third-order valence-electron chi connectivity index (χ3n) is 2.39. The Bertz CT molecular complexity index is 679. The smallest absolute Gasteiger partial charge is 0.181 e. The average Bonchev–Trinajstić information content (AvgIpc) is 2.72. The molecule has 0 amide bonds. The van der Waals surface area contributed by atoms with Crippen LogP contribution in [0.25, 0.3) is 16.8 Å². The Hall–Kier alpha value is -1.65. The number of hydrogen-bond donors (Lipinski definition) is 0. The maximum absolute atomic E-state index is 5.96. The van der Waals surface area contributed by atoms with Gasteiger partial charge in [0.1, 0.15) is 0 Å². The molecule has 3 aromatic rings. The minimum atomic E-state index is 0.194. The van der Waals surface area contributed by atoms with Gasteiger partial charge in [0.05, 0.1) is 0 Å². The van der Waals surface area contributed by atoms with Gasteiger partial charge >= 0.3 is 0 Å². The lowest BCUT2D eigenvalue weighted by atomic mass is 10.1. The number of rotatable bonds is 1. The SMILES string of the molecule is Clc1cc(-c2ccccc2)c2nnc(Cl)n2n1. The molecule has 84 valence electrons. The highest BCUT2D eigenvalue weighted by Crippen LogP contribution is 2.26. The van der Waals surface area contributed by atoms with Crippen LogP contribution in [0.3, 0.4) is 0 Å². The highest BCUT2D eigenvalue weighted by atomic mass is 35.5. The molecule has 0 spiro atoms. The fourth-order valence-electron chi connectivity index (χ4n) is 1.66. The molecule has 0 N–H and O–H groups in total. The molecule has 0 aliphatic carbocycles. The van der Waals surface area contributed by atoms with Crippen molar-refractivity contribution in [1.29, 1.82) is 0 Å². The molecule has 0 atom stereocenters. The van der Waals surface area contributed by atoms with Crippen LogP contribution in [-0.2, 0) is 0 Å². The van der Waals surface area contributed by atoms with Crippen LogP contribution in [0.15, 0.2) is 36.4 Å². The maximum atomic E-state index is 5.96. The van der Waals surface area contributed by atoms with Gasteiger partial charge in [0.15, 0.2) is 10.8 Å². The normalized spacial score (nSPS) is 10.9. The topological polar surface area (TPSA) is 43.1 Å². The molecule has 4 nitrogen and oxygen atoms in total. The van der Waals surface area contributed by atoms with E-state index < -0.39 is 0 Å². The summed E-state index contributed by atoms with van der Waals surface area (Å²) >= 11 is 11.8. The van der Waals surface area contributed by atoms with Crippen molar-refractivity contribution in [3.63, 3.8) is 0 Å². The van der Waals surface area contributed by atoms with Crippen LogP contribution in [0, 0.1) is 0 Å². The second-order valence-electron chi connectivity index (χ2n) is 3.45. The summed E-state index contributed by atoms with van der Waals surface area (Å²) in [7, 11) is 0. The lowest BCUT2D eigenvalue weighted by Crippen LogP contribution is -1.95. The lowest BCUT2D eigenvalue weighted by Gasteiger charge is -2.03. The summed E-state index contributed by atoms with van der Waals surface area (Å²) in [5.74, 6) is 0. The quantitative estimate of drug-likeness (QED) is 0.679. The van der Waals surface area contributed by atoms with E-state index in [0.717, 1.165) is 11.1 Å². The van der Waals surface area contributed by atoms with Gasteiger partial charge in [-0.2, -0.15) is 9.61 Å². The maximum Gasteiger partial charge on any atom is 0.246 e. The van der Waals surface area contributed by atoms with Gasteiger partial charge in [0.2, 0.25) is 5.28 Å². The van der Waals surface area contributed by atoms with E-state index in [-0.39, 0.29) is 5.28 Å². The van der Waals surface area contributed by atoms with E-state index in [0.29, 0.717) is 10.8 Å². The van der Waals surface area contributed by atoms with Crippen molar-refractivity contribution in [2.75, 3.05) is 0 Å². The zero-order valence-electron chi connectivity index (χ0n) is 8.51. The highest BCUT2D eigenvalue weighted by Gasteiger charge is 2.12. The third kappa shape index (κ3) is 1.75. The first-order valence-corrected chi connectivity index (χ1v) is 5.64. The van der Waals surface area contributed by atoms with E-state index in [1.54, 1.807) is 6.07 Å². The summed E-state index contributed by atoms with van der Waals surface area (Å²) in [6, 6.07) is 11.5. The molecule has 3 rings (SSSR count). The summed E-state index contributed by atoms with van der Waals surface area (Å²) in [6.45, 7) is 0. The van der Waals surface area contributed by atoms with Gasteiger partial charge in [0, 0.05) is 5.56 Å². The van der Waals surface area contributed by atoms with E-state index in [4.69, 9.17) is 23.2 Å². The summed E-state index contributed by atoms with van der Waals surface area (Å²) in [6.07, 6.45) is 0. The van der Waals surface area contributed by atoms with Gasteiger partial charge in [-0.25, -0.2) is 0 Å². The van der Waals surface area contributed by atoms with Gasteiger partial charge in [-0.15, -0.1) is 10.2 Å². The van der Waals surface area contributed by atoms with Crippen molar-refractivity contribution in [2.24, 2.45) is 0 Å². The summed E-state index contributed by atoms with van der Waals surface area (Å²) in [5.41, 5.74) is 2.43. The summed E-state index contributed by atoms with van der Waals surface area (Å²) in [4.78, 5) is 0. The Morgan fingerprint density at radius 2 is 1.76 bits per heavy atom. The molecule has 0 aliphatic heterocycles. The van der Waals surface area contributed by atoms with Gasteiger partial charge < -0.3 is 0 Å². The largest absolute Gasteiger partial charge is 0.246 e. The second kappa shape index (κ2) is 3.98. The predicted octanol–water partition coefficient (Wildman–Crippen LogP) is 3.10. The first kappa shape index (κ1) is 10.5. The van der Waals surface area contributed by atoms with Crippen molar-refractivity contribution >= 4 is 28.8 Å². The zero-order chi connectivity index (χ0) is 11.8. The van der Waals surface area contributed by atoms with Gasteiger partial charge in [-0.3, -0.25) is 0 Å². The van der Waals surface area contributed by atoms with Crippen LogP contribution >= 0.6 is 23.2 Å². The van der Waals surface area contributed by atoms with E-state index >= 15 is 0 Å². The van der Waals surface area contributed by atoms with E-state index in [1.165, 1.54) is 4.52 Å². The van der Waals surface area contributed by atoms with Crippen molar-refractivity contribution in [3.8, 4) is 11.1 Å². The Morgan fingerprint density at radius 3 is 2.53 bits per heavy atom. The number of nitrogens with zero attached hydrogens (tertiary/aromatic N) is 4. The molecule has 1 aromatic carbocycles. The molecule has 2 aromatic heterocycles. The van der Waals surface area contributed by atoms with Crippen molar-refractivity contribution < 1.29 is 0 Å². The van der Waals surface area contributed by atoms with Crippen LogP contribution in [0.4, 0.5) is 0 Å². The highest BCUT2D eigenvalue weighted by molar-refractivity contribution is 6.30. The monoisotopic (exact) mass is 264 g/mol. The standard InChI is InChI=1S/C11H6Cl2N4/c12-9-6-8(7-4-2-1-3-5-7)10-14-15-11(13)17(10)16-9/h1-6H. The Kier molecular flexibility index (Phi) is 2.46. The number of aromatic nitrogens is 4. The van der Waals surface area contributed by atoms with Crippen LogP contribution in [0.5, 0.6) is 0 Å². The van der Waals surface area contributed by atoms with E-state index in [9.17, 15) is 0 Å². The molecule has 2 heterocycles. The molecule has 0 fully saturated rings. The first-order valence-electron chi connectivity index (χ1n) is 4.88. The molecule has 0 unspecified atom stereocenters. The Balaban J connectivity index is 2.36. The molecule has 6 heteroatoms. The van der Waals surface area contributed by atoms with E-state index in [2.05, 4.69) is 15.3 Å². The fourth-order valence-corrected chi connectivity index (χ4v) is 2.00. The second-order valence-corrected chi connectivity index (χ2v) is 4.18. The molecule has 0 radical (unpaired) electrons. The summed E-state index contributed by atoms with van der Waals surface area (Å²) < 4.78 is 1.42. The third-order valence-corrected chi connectivity index (χ3v) is 2.81. The fraction of sp³-hybridized carbons (Fsp3) is 0. The molecule has 0 saturated heterocycles. The molecule has 17 heavy (non-hydrogen) atoms. The molecule has 0 aliphatic rings. The molecular weight excluding hydrogens is 259 g/mol. The van der Waals surface area contributed by atoms with Crippen LogP contribution in [0.1, 0.15) is 0 Å². The lowest BCUT2D eigenvalue weighted by molar-refractivity contribution is 0.929. The van der Waals surface area contributed by atoms with Gasteiger partial charge in [0.25, 0.3) is 0 Å².